The predicted molar refractivity (Wildman–Crippen MR) is 130 cm³/mol. The molecule has 2 aromatic rings. The Kier molecular flexibility index (Phi) is 9.08. The summed E-state index contributed by atoms with van der Waals surface area (Å²) in [7, 11) is 0. The van der Waals surface area contributed by atoms with Gasteiger partial charge in [0.2, 0.25) is 5.91 Å². The summed E-state index contributed by atoms with van der Waals surface area (Å²) < 4.78 is 1.83. The van der Waals surface area contributed by atoms with Crippen LogP contribution in [-0.4, -0.2) is 51.9 Å². The largest absolute Gasteiger partial charge is 0.396 e. The Bertz CT molecular complexity index is 1020. The first kappa shape index (κ1) is 25.7. The fourth-order valence-electron chi connectivity index (χ4n) is 4.78. The van der Waals surface area contributed by atoms with Crippen LogP contribution in [0.5, 0.6) is 0 Å². The van der Waals surface area contributed by atoms with E-state index in [4.69, 9.17) is 0 Å². The SMILES string of the molecule is CC(C)C[C@@H](C#N)NC(=O)[C@@H]1CCCC[C@@H]1NC(=O)c1cc2ccccc2n1CC(CO)CO. The number of para-hydroxylation sites is 1. The van der Waals surface area contributed by atoms with Gasteiger partial charge in [0.25, 0.3) is 5.91 Å². The normalized spacial score (nSPS) is 19.2. The van der Waals surface area contributed by atoms with E-state index in [0.717, 1.165) is 23.7 Å². The second-order valence-electron chi connectivity index (χ2n) is 9.72. The van der Waals surface area contributed by atoms with E-state index in [1.54, 1.807) is 0 Å². The van der Waals surface area contributed by atoms with Gasteiger partial charge in [-0.3, -0.25) is 9.59 Å². The molecule has 1 aliphatic carbocycles. The van der Waals surface area contributed by atoms with E-state index in [9.17, 15) is 25.1 Å². The van der Waals surface area contributed by atoms with Crippen molar-refractivity contribution in [1.29, 1.82) is 5.26 Å². The van der Waals surface area contributed by atoms with E-state index >= 15 is 0 Å². The van der Waals surface area contributed by atoms with Gasteiger partial charge < -0.3 is 25.4 Å². The van der Waals surface area contributed by atoms with Crippen molar-refractivity contribution in [3.05, 3.63) is 36.0 Å². The van der Waals surface area contributed by atoms with Crippen molar-refractivity contribution in [2.75, 3.05) is 13.2 Å². The second kappa shape index (κ2) is 12.0. The van der Waals surface area contributed by atoms with Crippen LogP contribution in [0.1, 0.15) is 56.4 Å². The number of benzene rings is 1. The van der Waals surface area contributed by atoms with Gasteiger partial charge in [0.15, 0.2) is 0 Å². The van der Waals surface area contributed by atoms with Gasteiger partial charge in [-0.25, -0.2) is 0 Å². The van der Waals surface area contributed by atoms with Gasteiger partial charge in [0, 0.05) is 42.6 Å². The van der Waals surface area contributed by atoms with E-state index < -0.39 is 6.04 Å². The summed E-state index contributed by atoms with van der Waals surface area (Å²) in [5.41, 5.74) is 1.29. The molecule has 0 spiro atoms. The molecule has 1 aromatic heterocycles. The zero-order valence-corrected chi connectivity index (χ0v) is 20.0. The number of carbonyl (C=O) groups is 2. The summed E-state index contributed by atoms with van der Waals surface area (Å²) in [5.74, 6) is -0.955. The highest BCUT2D eigenvalue weighted by Crippen LogP contribution is 2.27. The maximum absolute atomic E-state index is 13.4. The van der Waals surface area contributed by atoms with Crippen LogP contribution in [0, 0.1) is 29.1 Å². The predicted octanol–water partition coefficient (Wildman–Crippen LogP) is 2.59. The van der Waals surface area contributed by atoms with Gasteiger partial charge >= 0.3 is 0 Å². The molecule has 1 aromatic carbocycles. The Labute approximate surface area is 200 Å². The van der Waals surface area contributed by atoms with Crippen molar-refractivity contribution in [3.63, 3.8) is 0 Å². The summed E-state index contributed by atoms with van der Waals surface area (Å²) in [4.78, 5) is 26.4. The lowest BCUT2D eigenvalue weighted by molar-refractivity contribution is -0.127. The lowest BCUT2D eigenvalue weighted by Gasteiger charge is -2.32. The van der Waals surface area contributed by atoms with Crippen molar-refractivity contribution in [2.24, 2.45) is 17.8 Å². The monoisotopic (exact) mass is 468 g/mol. The Morgan fingerprint density at radius 1 is 1.18 bits per heavy atom. The maximum atomic E-state index is 13.4. The molecule has 0 saturated heterocycles. The Morgan fingerprint density at radius 2 is 1.88 bits per heavy atom. The molecule has 3 atom stereocenters. The van der Waals surface area contributed by atoms with Crippen LogP contribution < -0.4 is 10.6 Å². The first-order chi connectivity index (χ1) is 16.4. The first-order valence-electron chi connectivity index (χ1n) is 12.2. The Morgan fingerprint density at radius 3 is 2.56 bits per heavy atom. The summed E-state index contributed by atoms with van der Waals surface area (Å²) in [6.45, 7) is 3.95. The minimum atomic E-state index is -0.540. The molecule has 0 radical (unpaired) electrons. The van der Waals surface area contributed by atoms with E-state index in [1.807, 2.05) is 48.7 Å². The number of aliphatic hydroxyl groups excluding tert-OH is 2. The van der Waals surface area contributed by atoms with Gasteiger partial charge in [0.1, 0.15) is 11.7 Å². The lowest BCUT2D eigenvalue weighted by atomic mass is 9.83. The number of aromatic nitrogens is 1. The third kappa shape index (κ3) is 6.16. The molecule has 1 heterocycles. The molecule has 1 fully saturated rings. The number of hydrogen-bond acceptors (Lipinski definition) is 5. The van der Waals surface area contributed by atoms with Crippen LogP contribution in [0.25, 0.3) is 10.9 Å². The van der Waals surface area contributed by atoms with Crippen molar-refractivity contribution in [3.8, 4) is 6.07 Å². The third-order valence-electron chi connectivity index (χ3n) is 6.60. The van der Waals surface area contributed by atoms with Gasteiger partial charge in [0.05, 0.1) is 12.0 Å². The number of nitrogens with one attached hydrogen (secondary N) is 2. The van der Waals surface area contributed by atoms with Gasteiger partial charge in [-0.15, -0.1) is 0 Å². The maximum Gasteiger partial charge on any atom is 0.268 e. The van der Waals surface area contributed by atoms with E-state index in [0.29, 0.717) is 31.5 Å². The molecule has 8 heteroatoms. The molecule has 0 aliphatic heterocycles. The molecule has 8 nitrogen and oxygen atoms in total. The summed E-state index contributed by atoms with van der Waals surface area (Å²) in [5, 5.41) is 35.4. The average molecular weight is 469 g/mol. The van der Waals surface area contributed by atoms with Crippen LogP contribution in [0.2, 0.25) is 0 Å². The minimum absolute atomic E-state index is 0.182. The third-order valence-corrected chi connectivity index (χ3v) is 6.60. The standard InChI is InChI=1S/C26H36N4O4/c1-17(2)11-20(13-27)28-25(33)21-8-4-5-9-22(21)29-26(34)24-12-19-7-3-6-10-23(19)30(24)14-18(15-31)16-32/h3,6-7,10,12,17-18,20-22,31-32H,4-5,8-9,11,14-16H2,1-2H3,(H,28,33)(H,29,34)/t20-,21+,22-/m0/s1. The highest BCUT2D eigenvalue weighted by Gasteiger charge is 2.34. The molecule has 1 saturated carbocycles. The number of nitriles is 1. The zero-order valence-electron chi connectivity index (χ0n) is 20.0. The highest BCUT2D eigenvalue weighted by molar-refractivity contribution is 5.99. The number of rotatable bonds is 10. The molecule has 0 bridgehead atoms. The molecule has 4 N–H and O–H groups in total. The van der Waals surface area contributed by atoms with Gasteiger partial charge in [-0.05, 0) is 37.3 Å². The molecule has 1 aliphatic rings. The molecule has 0 unspecified atom stereocenters. The van der Waals surface area contributed by atoms with Crippen molar-refractivity contribution in [1.82, 2.24) is 15.2 Å². The number of amides is 2. The average Bonchev–Trinajstić information content (AvgIpc) is 3.20. The number of carbonyl (C=O) groups excluding carboxylic acids is 2. The van der Waals surface area contributed by atoms with Crippen molar-refractivity contribution < 1.29 is 19.8 Å². The topological polar surface area (TPSA) is 127 Å². The molecular weight excluding hydrogens is 432 g/mol. The van der Waals surface area contributed by atoms with Crippen LogP contribution in [-0.2, 0) is 11.3 Å². The molecule has 184 valence electrons. The zero-order chi connectivity index (χ0) is 24.7. The van der Waals surface area contributed by atoms with Gasteiger partial charge in [-0.2, -0.15) is 5.26 Å². The molecular formula is C26H36N4O4. The smallest absolute Gasteiger partial charge is 0.268 e. The van der Waals surface area contributed by atoms with E-state index in [1.165, 1.54) is 0 Å². The molecule has 2 amide bonds. The summed E-state index contributed by atoms with van der Waals surface area (Å²) in [6.07, 6.45) is 3.77. The van der Waals surface area contributed by atoms with E-state index in [2.05, 4.69) is 16.7 Å². The fourth-order valence-corrected chi connectivity index (χ4v) is 4.78. The van der Waals surface area contributed by atoms with Crippen LogP contribution in [0.3, 0.4) is 0 Å². The van der Waals surface area contributed by atoms with E-state index in [-0.39, 0.29) is 48.8 Å². The lowest BCUT2D eigenvalue weighted by Crippen LogP contribution is -2.50. The Balaban J connectivity index is 1.80. The number of nitrogens with zero attached hydrogens (tertiary/aromatic N) is 2. The van der Waals surface area contributed by atoms with Crippen molar-refractivity contribution >= 4 is 22.7 Å². The Hall–Kier alpha value is -2.89. The number of hydrogen-bond donors (Lipinski definition) is 4. The quantitative estimate of drug-likeness (QED) is 0.426. The summed E-state index contributed by atoms with van der Waals surface area (Å²) >= 11 is 0. The summed E-state index contributed by atoms with van der Waals surface area (Å²) in [6, 6.07) is 10.7. The first-order valence-corrected chi connectivity index (χ1v) is 12.2. The fraction of sp³-hybridized carbons (Fsp3) is 0.577. The number of fused-ring (bicyclic) bond motifs is 1. The second-order valence-corrected chi connectivity index (χ2v) is 9.72. The minimum Gasteiger partial charge on any atom is -0.396 e. The van der Waals surface area contributed by atoms with Gasteiger partial charge in [-0.1, -0.05) is 44.9 Å². The molecule has 3 rings (SSSR count). The van der Waals surface area contributed by atoms with Crippen LogP contribution in [0.4, 0.5) is 0 Å². The molecule has 34 heavy (non-hydrogen) atoms. The highest BCUT2D eigenvalue weighted by atomic mass is 16.3. The van der Waals surface area contributed by atoms with Crippen molar-refractivity contribution in [2.45, 2.75) is 64.6 Å². The van der Waals surface area contributed by atoms with Crippen LogP contribution in [0.15, 0.2) is 30.3 Å². The van der Waals surface area contributed by atoms with Crippen LogP contribution >= 0.6 is 0 Å². The number of aliphatic hydroxyl groups is 2.